The first kappa shape index (κ1) is 27.3. The molecule has 5 nitrogen and oxygen atoms in total. The van der Waals surface area contributed by atoms with Crippen molar-refractivity contribution < 1.29 is 14.3 Å². The molecule has 0 saturated heterocycles. The first-order valence-electron chi connectivity index (χ1n) is 12.6. The number of benzene rings is 3. The largest absolute Gasteiger partial charge is 0.494 e. The molecule has 0 unspecified atom stereocenters. The molecule has 3 aromatic carbocycles. The molecule has 0 aliphatic carbocycles. The maximum absolute atomic E-state index is 13.6. The number of carbonyl (C=O) groups excluding carboxylic acids is 2. The van der Waals surface area contributed by atoms with Crippen LogP contribution in [0, 0.1) is 0 Å². The van der Waals surface area contributed by atoms with Crippen molar-refractivity contribution in [2.45, 2.75) is 51.6 Å². The number of amides is 2. The van der Waals surface area contributed by atoms with Gasteiger partial charge in [0.05, 0.1) is 6.61 Å². The minimum atomic E-state index is -0.634. The molecule has 36 heavy (non-hydrogen) atoms. The Labute approximate surface area is 219 Å². The van der Waals surface area contributed by atoms with Crippen LogP contribution in [0.25, 0.3) is 0 Å². The lowest BCUT2D eigenvalue weighted by atomic mass is 10.0. The lowest BCUT2D eigenvalue weighted by molar-refractivity contribution is -0.141. The van der Waals surface area contributed by atoms with Gasteiger partial charge in [0.1, 0.15) is 11.8 Å². The second-order valence-electron chi connectivity index (χ2n) is 8.77. The molecule has 3 aromatic rings. The highest BCUT2D eigenvalue weighted by atomic mass is 35.5. The summed E-state index contributed by atoms with van der Waals surface area (Å²) >= 11 is 6.23. The van der Waals surface area contributed by atoms with Gasteiger partial charge in [-0.15, -0.1) is 0 Å². The summed E-state index contributed by atoms with van der Waals surface area (Å²) in [5.41, 5.74) is 1.89. The number of rotatable bonds is 14. The molecule has 0 bridgehead atoms. The van der Waals surface area contributed by atoms with Crippen molar-refractivity contribution in [1.29, 1.82) is 0 Å². The topological polar surface area (TPSA) is 58.6 Å². The maximum Gasteiger partial charge on any atom is 0.243 e. The van der Waals surface area contributed by atoms with Gasteiger partial charge in [0, 0.05) is 31.0 Å². The molecule has 1 atom stereocenters. The Bertz CT molecular complexity index is 1080. The third-order valence-electron chi connectivity index (χ3n) is 5.89. The summed E-state index contributed by atoms with van der Waals surface area (Å²) in [4.78, 5) is 28.6. The molecule has 0 aliphatic heterocycles. The van der Waals surface area contributed by atoms with Gasteiger partial charge in [0.15, 0.2) is 0 Å². The first-order chi connectivity index (χ1) is 17.6. The average molecular weight is 507 g/mol. The molecule has 3 rings (SSSR count). The molecule has 0 fully saturated rings. The smallest absolute Gasteiger partial charge is 0.243 e. The van der Waals surface area contributed by atoms with Crippen molar-refractivity contribution in [2.75, 3.05) is 13.2 Å². The number of hydrogen-bond donors (Lipinski definition) is 1. The zero-order chi connectivity index (χ0) is 25.6. The Morgan fingerprint density at radius 2 is 1.61 bits per heavy atom. The fraction of sp³-hybridized carbons (Fsp3) is 0.333. The van der Waals surface area contributed by atoms with Crippen LogP contribution in [0.3, 0.4) is 0 Å². The van der Waals surface area contributed by atoms with E-state index in [2.05, 4.69) is 12.2 Å². The van der Waals surface area contributed by atoms with Crippen LogP contribution in [0.5, 0.6) is 5.75 Å². The number of ether oxygens (including phenoxy) is 1. The standard InChI is InChI=1S/C30H35ClN2O3/c1-2-3-19-32-30(35)28(22-24-12-6-4-7-13-24)33(23-25-14-10-15-26(31)21-25)29(34)18-11-20-36-27-16-8-5-9-17-27/h4-10,12-17,21,28H,2-3,11,18-20,22-23H2,1H3,(H,32,35)/t28-/m1/s1. The first-order valence-corrected chi connectivity index (χ1v) is 13.0. The monoisotopic (exact) mass is 506 g/mol. The molecule has 6 heteroatoms. The lowest BCUT2D eigenvalue weighted by Crippen LogP contribution is -2.50. The summed E-state index contributed by atoms with van der Waals surface area (Å²) in [5, 5.41) is 3.64. The Morgan fingerprint density at radius 3 is 2.31 bits per heavy atom. The van der Waals surface area contributed by atoms with Crippen LogP contribution in [0.2, 0.25) is 5.02 Å². The van der Waals surface area contributed by atoms with E-state index < -0.39 is 6.04 Å². The summed E-state index contributed by atoms with van der Waals surface area (Å²) in [5.74, 6) is 0.555. The lowest BCUT2D eigenvalue weighted by Gasteiger charge is -2.31. The third kappa shape index (κ3) is 9.04. The highest BCUT2D eigenvalue weighted by Crippen LogP contribution is 2.19. The van der Waals surface area contributed by atoms with E-state index in [0.29, 0.717) is 37.6 Å². The summed E-state index contributed by atoms with van der Waals surface area (Å²) < 4.78 is 5.77. The van der Waals surface area contributed by atoms with E-state index in [1.54, 1.807) is 11.0 Å². The predicted molar refractivity (Wildman–Crippen MR) is 145 cm³/mol. The minimum absolute atomic E-state index is 0.0850. The second kappa shape index (κ2) is 14.9. The van der Waals surface area contributed by atoms with Crippen LogP contribution >= 0.6 is 11.6 Å². The van der Waals surface area contributed by atoms with Crippen LogP contribution < -0.4 is 10.1 Å². The number of unbranched alkanes of at least 4 members (excludes halogenated alkanes) is 1. The Hall–Kier alpha value is -3.31. The van der Waals surface area contributed by atoms with Crippen molar-refractivity contribution >= 4 is 23.4 Å². The molecule has 0 heterocycles. The van der Waals surface area contributed by atoms with Crippen LogP contribution in [-0.4, -0.2) is 35.9 Å². The van der Waals surface area contributed by atoms with Crippen molar-refractivity contribution in [3.63, 3.8) is 0 Å². The van der Waals surface area contributed by atoms with Gasteiger partial charge < -0.3 is 15.0 Å². The van der Waals surface area contributed by atoms with Crippen molar-refractivity contribution in [2.24, 2.45) is 0 Å². The summed E-state index contributed by atoms with van der Waals surface area (Å²) in [6.45, 7) is 3.40. The Balaban J connectivity index is 1.78. The average Bonchev–Trinajstić information content (AvgIpc) is 2.90. The third-order valence-corrected chi connectivity index (χ3v) is 6.12. The second-order valence-corrected chi connectivity index (χ2v) is 9.20. The zero-order valence-electron chi connectivity index (χ0n) is 20.9. The fourth-order valence-corrected chi connectivity index (χ4v) is 4.18. The predicted octanol–water partition coefficient (Wildman–Crippen LogP) is 6.06. The molecule has 0 spiro atoms. The zero-order valence-corrected chi connectivity index (χ0v) is 21.6. The minimum Gasteiger partial charge on any atom is -0.494 e. The highest BCUT2D eigenvalue weighted by molar-refractivity contribution is 6.30. The molecule has 190 valence electrons. The summed E-state index contributed by atoms with van der Waals surface area (Å²) in [6.07, 6.45) is 3.14. The molecule has 0 radical (unpaired) electrons. The number of halogens is 1. The molecule has 1 N–H and O–H groups in total. The Kier molecular flexibility index (Phi) is 11.3. The number of carbonyl (C=O) groups is 2. The molecular weight excluding hydrogens is 472 g/mol. The van der Waals surface area contributed by atoms with Crippen molar-refractivity contribution in [3.05, 3.63) is 101 Å². The SMILES string of the molecule is CCCCNC(=O)[C@@H](Cc1ccccc1)N(Cc1cccc(Cl)c1)C(=O)CCCOc1ccccc1. The summed E-state index contributed by atoms with van der Waals surface area (Å²) in [7, 11) is 0. The van der Waals surface area contributed by atoms with E-state index in [1.165, 1.54) is 0 Å². The van der Waals surface area contributed by atoms with Crippen LogP contribution in [0.1, 0.15) is 43.7 Å². The van der Waals surface area contributed by atoms with Gasteiger partial charge in [0.2, 0.25) is 11.8 Å². The molecular formula is C30H35ClN2O3. The molecule has 0 saturated carbocycles. The quantitative estimate of drug-likeness (QED) is 0.270. The molecule has 0 aromatic heterocycles. The van der Waals surface area contributed by atoms with Gasteiger partial charge in [-0.25, -0.2) is 0 Å². The van der Waals surface area contributed by atoms with E-state index in [9.17, 15) is 9.59 Å². The van der Waals surface area contributed by atoms with Crippen molar-refractivity contribution in [3.8, 4) is 5.75 Å². The van der Waals surface area contributed by atoms with Gasteiger partial charge in [-0.3, -0.25) is 9.59 Å². The van der Waals surface area contributed by atoms with Gasteiger partial charge in [-0.2, -0.15) is 0 Å². The van der Waals surface area contributed by atoms with Crippen LogP contribution in [0.4, 0.5) is 0 Å². The van der Waals surface area contributed by atoms with Gasteiger partial charge in [-0.1, -0.05) is 85.6 Å². The normalized spacial score (nSPS) is 11.5. The van der Waals surface area contributed by atoms with E-state index in [4.69, 9.17) is 16.3 Å². The summed E-state index contributed by atoms with van der Waals surface area (Å²) in [6, 6.07) is 26.2. The van der Waals surface area contributed by atoms with E-state index in [0.717, 1.165) is 29.7 Å². The Morgan fingerprint density at radius 1 is 0.917 bits per heavy atom. The van der Waals surface area contributed by atoms with Crippen LogP contribution in [0.15, 0.2) is 84.9 Å². The van der Waals surface area contributed by atoms with Gasteiger partial charge in [0.25, 0.3) is 0 Å². The molecule has 0 aliphatic rings. The number of nitrogens with one attached hydrogen (secondary N) is 1. The highest BCUT2D eigenvalue weighted by Gasteiger charge is 2.30. The van der Waals surface area contributed by atoms with E-state index >= 15 is 0 Å². The fourth-order valence-electron chi connectivity index (χ4n) is 3.97. The number of para-hydroxylation sites is 1. The van der Waals surface area contributed by atoms with Crippen molar-refractivity contribution in [1.82, 2.24) is 10.2 Å². The maximum atomic E-state index is 13.6. The van der Waals surface area contributed by atoms with Crippen LogP contribution in [-0.2, 0) is 22.6 Å². The number of hydrogen-bond acceptors (Lipinski definition) is 3. The van der Waals surface area contributed by atoms with E-state index in [1.807, 2.05) is 78.9 Å². The molecule has 2 amide bonds. The van der Waals surface area contributed by atoms with Gasteiger partial charge in [-0.05, 0) is 48.2 Å². The van der Waals surface area contributed by atoms with Gasteiger partial charge >= 0.3 is 0 Å². The van der Waals surface area contributed by atoms with E-state index in [-0.39, 0.29) is 18.2 Å². The number of nitrogens with zero attached hydrogens (tertiary/aromatic N) is 1.